The minimum absolute atomic E-state index is 0. The highest BCUT2D eigenvalue weighted by Crippen LogP contribution is 1.94. The molecule has 0 saturated heterocycles. The number of nitrogens with zero attached hydrogens (tertiary/aromatic N) is 4. The number of fused-ring (bicyclic) bond motifs is 1. The van der Waals surface area contributed by atoms with Crippen molar-refractivity contribution in [2.75, 3.05) is 13.1 Å². The van der Waals surface area contributed by atoms with E-state index in [1.807, 2.05) is 4.68 Å². The second-order valence-electron chi connectivity index (χ2n) is 2.32. The first-order chi connectivity index (χ1) is 4.97. The van der Waals surface area contributed by atoms with Gasteiger partial charge in [0.2, 0.25) is 0 Å². The van der Waals surface area contributed by atoms with E-state index < -0.39 is 0 Å². The molecule has 0 saturated carbocycles. The predicted molar refractivity (Wildman–Crippen MR) is 41.6 cm³/mol. The van der Waals surface area contributed by atoms with Gasteiger partial charge in [-0.2, -0.15) is 0 Å². The van der Waals surface area contributed by atoms with Crippen LogP contribution >= 0.6 is 12.4 Å². The normalized spacial score (nSPS) is 16.4. The van der Waals surface area contributed by atoms with E-state index in [1.165, 1.54) is 0 Å². The molecule has 0 aliphatic carbocycles. The lowest BCUT2D eigenvalue weighted by Gasteiger charge is -1.94. The van der Waals surface area contributed by atoms with E-state index in [0.29, 0.717) is 0 Å². The van der Waals surface area contributed by atoms with Crippen molar-refractivity contribution < 1.29 is 0 Å². The fraction of sp³-hybridized carbons (Fsp3) is 0.800. The molecule has 11 heavy (non-hydrogen) atoms. The van der Waals surface area contributed by atoms with E-state index in [2.05, 4.69) is 20.8 Å². The van der Waals surface area contributed by atoms with Crippen LogP contribution in [-0.4, -0.2) is 33.3 Å². The molecule has 5 nitrogen and oxygen atoms in total. The number of nitrogens with one attached hydrogen (secondary N) is 1. The van der Waals surface area contributed by atoms with Crippen LogP contribution in [0.25, 0.3) is 0 Å². The van der Waals surface area contributed by atoms with E-state index in [0.717, 1.165) is 31.9 Å². The molecular weight excluding hydrogens is 166 g/mol. The Hall–Kier alpha value is -0.680. The fourth-order valence-corrected chi connectivity index (χ4v) is 1.09. The zero-order chi connectivity index (χ0) is 6.81. The van der Waals surface area contributed by atoms with Gasteiger partial charge in [-0.15, -0.1) is 17.5 Å². The van der Waals surface area contributed by atoms with Gasteiger partial charge in [-0.3, -0.25) is 0 Å². The van der Waals surface area contributed by atoms with Gasteiger partial charge >= 0.3 is 0 Å². The second kappa shape index (κ2) is 3.64. The average molecular weight is 176 g/mol. The van der Waals surface area contributed by atoms with E-state index >= 15 is 0 Å². The van der Waals surface area contributed by atoms with Crippen LogP contribution < -0.4 is 5.32 Å². The Morgan fingerprint density at radius 2 is 2.27 bits per heavy atom. The van der Waals surface area contributed by atoms with E-state index in [-0.39, 0.29) is 12.4 Å². The molecule has 0 unspecified atom stereocenters. The molecule has 0 atom stereocenters. The Bertz CT molecular complexity index is 202. The standard InChI is InChI=1S/C5H9N5.ClH/c1-2-6-3-4-10-5(1)7-8-9-10;/h6H,1-4H2;1H. The number of hydrogen-bond acceptors (Lipinski definition) is 4. The van der Waals surface area contributed by atoms with Crippen LogP contribution in [0.15, 0.2) is 0 Å². The molecule has 0 fully saturated rings. The van der Waals surface area contributed by atoms with Gasteiger partial charge in [0.25, 0.3) is 0 Å². The third-order valence-electron chi connectivity index (χ3n) is 1.63. The highest BCUT2D eigenvalue weighted by Gasteiger charge is 2.07. The molecule has 62 valence electrons. The molecule has 0 spiro atoms. The molecule has 0 aromatic carbocycles. The number of aromatic nitrogens is 4. The lowest BCUT2D eigenvalue weighted by atomic mass is 10.4. The first-order valence-corrected chi connectivity index (χ1v) is 3.42. The quantitative estimate of drug-likeness (QED) is 0.563. The highest BCUT2D eigenvalue weighted by atomic mass is 35.5. The Kier molecular flexibility index (Phi) is 2.78. The van der Waals surface area contributed by atoms with Crippen molar-refractivity contribution in [3.8, 4) is 0 Å². The molecule has 0 amide bonds. The second-order valence-corrected chi connectivity index (χ2v) is 2.32. The van der Waals surface area contributed by atoms with E-state index in [1.54, 1.807) is 0 Å². The van der Waals surface area contributed by atoms with Crippen molar-refractivity contribution in [1.29, 1.82) is 0 Å². The van der Waals surface area contributed by atoms with Crippen molar-refractivity contribution in [2.45, 2.75) is 13.0 Å². The minimum Gasteiger partial charge on any atom is -0.314 e. The lowest BCUT2D eigenvalue weighted by molar-refractivity contribution is 0.568. The topological polar surface area (TPSA) is 55.6 Å². The Balaban J connectivity index is 0.000000605. The first-order valence-electron chi connectivity index (χ1n) is 3.42. The number of rotatable bonds is 0. The van der Waals surface area contributed by atoms with Crippen LogP contribution in [-0.2, 0) is 13.0 Å². The summed E-state index contributed by atoms with van der Waals surface area (Å²) in [5.74, 6) is 0.991. The maximum atomic E-state index is 3.88. The van der Waals surface area contributed by atoms with Crippen molar-refractivity contribution in [1.82, 2.24) is 25.5 Å². The van der Waals surface area contributed by atoms with Gasteiger partial charge in [0.1, 0.15) is 0 Å². The SMILES string of the molecule is C1Cc2nnnn2CCN1.Cl. The van der Waals surface area contributed by atoms with Crippen LogP contribution in [0.3, 0.4) is 0 Å². The molecule has 6 heteroatoms. The number of tetrazole rings is 1. The maximum absolute atomic E-state index is 3.88. The zero-order valence-corrected chi connectivity index (χ0v) is 6.84. The van der Waals surface area contributed by atoms with Crippen LogP contribution in [0.4, 0.5) is 0 Å². The fourth-order valence-electron chi connectivity index (χ4n) is 1.09. The van der Waals surface area contributed by atoms with Crippen LogP contribution in [0, 0.1) is 0 Å². The van der Waals surface area contributed by atoms with Crippen molar-refractivity contribution in [3.05, 3.63) is 5.82 Å². The van der Waals surface area contributed by atoms with Crippen LogP contribution in [0.2, 0.25) is 0 Å². The first kappa shape index (κ1) is 8.42. The smallest absolute Gasteiger partial charge is 0.152 e. The van der Waals surface area contributed by atoms with Crippen LogP contribution in [0.5, 0.6) is 0 Å². The molecule has 0 radical (unpaired) electrons. The summed E-state index contributed by atoms with van der Waals surface area (Å²) in [4.78, 5) is 0. The largest absolute Gasteiger partial charge is 0.314 e. The molecule has 2 heterocycles. The monoisotopic (exact) mass is 175 g/mol. The van der Waals surface area contributed by atoms with Crippen molar-refractivity contribution in [2.24, 2.45) is 0 Å². The summed E-state index contributed by atoms with van der Waals surface area (Å²) < 4.78 is 1.85. The van der Waals surface area contributed by atoms with Crippen LogP contribution in [0.1, 0.15) is 5.82 Å². The van der Waals surface area contributed by atoms with Gasteiger partial charge in [0, 0.05) is 19.5 Å². The van der Waals surface area contributed by atoms with E-state index in [9.17, 15) is 0 Å². The lowest BCUT2D eigenvalue weighted by Crippen LogP contribution is -2.17. The Labute approximate surface area is 70.6 Å². The van der Waals surface area contributed by atoms with Gasteiger partial charge in [0.05, 0.1) is 6.54 Å². The average Bonchev–Trinajstić information content (AvgIpc) is 2.28. The minimum atomic E-state index is 0. The molecular formula is C5H10ClN5. The van der Waals surface area contributed by atoms with Crippen molar-refractivity contribution >= 4 is 12.4 Å². The molecule has 1 aliphatic rings. The Morgan fingerprint density at radius 3 is 3.18 bits per heavy atom. The third-order valence-corrected chi connectivity index (χ3v) is 1.63. The number of hydrogen-bond donors (Lipinski definition) is 1. The number of halogens is 1. The van der Waals surface area contributed by atoms with Crippen molar-refractivity contribution in [3.63, 3.8) is 0 Å². The molecule has 1 aromatic rings. The van der Waals surface area contributed by atoms with Gasteiger partial charge in [-0.05, 0) is 10.4 Å². The third kappa shape index (κ3) is 1.66. The summed E-state index contributed by atoms with van der Waals surface area (Å²) in [5.41, 5.74) is 0. The highest BCUT2D eigenvalue weighted by molar-refractivity contribution is 5.85. The zero-order valence-electron chi connectivity index (χ0n) is 6.03. The van der Waals surface area contributed by atoms with E-state index in [4.69, 9.17) is 0 Å². The van der Waals surface area contributed by atoms with Gasteiger partial charge in [-0.1, -0.05) is 0 Å². The van der Waals surface area contributed by atoms with Gasteiger partial charge in [0.15, 0.2) is 5.82 Å². The van der Waals surface area contributed by atoms with Gasteiger partial charge in [-0.25, -0.2) is 4.68 Å². The molecule has 1 aromatic heterocycles. The maximum Gasteiger partial charge on any atom is 0.152 e. The predicted octanol–water partition coefficient (Wildman–Crippen LogP) is -0.759. The van der Waals surface area contributed by atoms with Gasteiger partial charge < -0.3 is 5.32 Å². The Morgan fingerprint density at radius 1 is 1.36 bits per heavy atom. The molecule has 0 bridgehead atoms. The molecule has 1 N–H and O–H groups in total. The summed E-state index contributed by atoms with van der Waals surface area (Å²) in [5, 5.41) is 14.5. The summed E-state index contributed by atoms with van der Waals surface area (Å²) in [7, 11) is 0. The summed E-state index contributed by atoms with van der Waals surface area (Å²) in [6, 6.07) is 0. The molecule has 2 rings (SSSR count). The summed E-state index contributed by atoms with van der Waals surface area (Å²) >= 11 is 0. The summed E-state index contributed by atoms with van der Waals surface area (Å²) in [6.45, 7) is 2.85. The summed E-state index contributed by atoms with van der Waals surface area (Å²) in [6.07, 6.45) is 0.938. The molecule has 1 aliphatic heterocycles.